The van der Waals surface area contributed by atoms with Gasteiger partial charge in [-0.15, -0.1) is 0 Å². The molecule has 2 rings (SSSR count). The van der Waals surface area contributed by atoms with E-state index in [9.17, 15) is 13.2 Å². The SMILES string of the molecule is COc1ccccc1Sc1cc(C(F)(F)F)cc(Cl)n1. The average Bonchev–Trinajstić information content (AvgIpc) is 2.37. The van der Waals surface area contributed by atoms with Crippen molar-refractivity contribution in [3.05, 3.63) is 47.1 Å². The molecule has 0 atom stereocenters. The van der Waals surface area contributed by atoms with Crippen LogP contribution in [0, 0.1) is 0 Å². The highest BCUT2D eigenvalue weighted by atomic mass is 35.5. The van der Waals surface area contributed by atoms with Gasteiger partial charge in [0.1, 0.15) is 15.9 Å². The third-order valence-corrected chi connectivity index (χ3v) is 3.55. The molecule has 0 amide bonds. The first-order valence-corrected chi connectivity index (χ1v) is 6.65. The predicted octanol–water partition coefficient (Wildman–Crippen LogP) is 4.91. The van der Waals surface area contributed by atoms with Gasteiger partial charge in [-0.05, 0) is 24.3 Å². The number of alkyl halides is 3. The number of ether oxygens (including phenoxy) is 1. The van der Waals surface area contributed by atoms with Gasteiger partial charge in [0.25, 0.3) is 0 Å². The largest absolute Gasteiger partial charge is 0.496 e. The van der Waals surface area contributed by atoms with Crippen molar-refractivity contribution in [1.82, 2.24) is 4.98 Å². The smallest absolute Gasteiger partial charge is 0.416 e. The molecule has 1 aromatic heterocycles. The second-order valence-electron chi connectivity index (χ2n) is 3.77. The summed E-state index contributed by atoms with van der Waals surface area (Å²) in [7, 11) is 1.49. The molecule has 0 aliphatic carbocycles. The molecule has 0 N–H and O–H groups in total. The number of para-hydroxylation sites is 1. The van der Waals surface area contributed by atoms with Crippen molar-refractivity contribution >= 4 is 23.4 Å². The second kappa shape index (κ2) is 5.93. The van der Waals surface area contributed by atoms with Crippen LogP contribution in [0.25, 0.3) is 0 Å². The third kappa shape index (κ3) is 3.58. The summed E-state index contributed by atoms with van der Waals surface area (Å²) in [5.74, 6) is 0.563. The van der Waals surface area contributed by atoms with Gasteiger partial charge in [0.15, 0.2) is 0 Å². The standard InChI is InChI=1S/C13H9ClF3NOS/c1-19-9-4-2-3-5-10(9)20-12-7-8(13(15,16)17)6-11(14)18-12/h2-7H,1H3. The van der Waals surface area contributed by atoms with Crippen LogP contribution < -0.4 is 4.74 Å². The summed E-state index contributed by atoms with van der Waals surface area (Å²) in [6.45, 7) is 0. The molecule has 0 radical (unpaired) electrons. The van der Waals surface area contributed by atoms with E-state index in [2.05, 4.69) is 4.98 Å². The Morgan fingerprint density at radius 3 is 2.55 bits per heavy atom. The predicted molar refractivity (Wildman–Crippen MR) is 71.4 cm³/mol. The highest BCUT2D eigenvalue weighted by molar-refractivity contribution is 7.99. The molecule has 2 aromatic rings. The first-order chi connectivity index (χ1) is 9.40. The summed E-state index contributed by atoms with van der Waals surface area (Å²) in [6.07, 6.45) is -4.46. The van der Waals surface area contributed by atoms with E-state index in [1.165, 1.54) is 7.11 Å². The maximum atomic E-state index is 12.7. The summed E-state index contributed by atoms with van der Waals surface area (Å²) >= 11 is 6.70. The lowest BCUT2D eigenvalue weighted by Crippen LogP contribution is -2.05. The third-order valence-electron chi connectivity index (χ3n) is 2.38. The van der Waals surface area contributed by atoms with E-state index >= 15 is 0 Å². The molecule has 0 aliphatic heterocycles. The van der Waals surface area contributed by atoms with Gasteiger partial charge in [-0.2, -0.15) is 13.2 Å². The van der Waals surface area contributed by atoms with Gasteiger partial charge >= 0.3 is 6.18 Å². The zero-order valence-electron chi connectivity index (χ0n) is 10.2. The van der Waals surface area contributed by atoms with E-state index in [0.717, 1.165) is 23.9 Å². The Morgan fingerprint density at radius 2 is 1.90 bits per heavy atom. The lowest BCUT2D eigenvalue weighted by atomic mass is 10.3. The average molecular weight is 320 g/mol. The first-order valence-electron chi connectivity index (χ1n) is 5.46. The number of hydrogen-bond donors (Lipinski definition) is 0. The van der Waals surface area contributed by atoms with E-state index < -0.39 is 11.7 Å². The van der Waals surface area contributed by atoms with Gasteiger partial charge in [-0.1, -0.05) is 35.5 Å². The Kier molecular flexibility index (Phi) is 4.45. The van der Waals surface area contributed by atoms with Crippen molar-refractivity contribution in [3.63, 3.8) is 0 Å². The maximum absolute atomic E-state index is 12.7. The Labute approximate surface area is 122 Å². The molecule has 0 spiro atoms. The van der Waals surface area contributed by atoms with Crippen molar-refractivity contribution in [2.45, 2.75) is 16.1 Å². The Bertz CT molecular complexity index is 619. The van der Waals surface area contributed by atoms with Crippen LogP contribution in [0.15, 0.2) is 46.3 Å². The van der Waals surface area contributed by atoms with Gasteiger partial charge in [0.2, 0.25) is 0 Å². The van der Waals surface area contributed by atoms with Gasteiger partial charge < -0.3 is 4.74 Å². The summed E-state index contributed by atoms with van der Waals surface area (Å²) in [5.41, 5.74) is -0.824. The normalized spacial score (nSPS) is 11.4. The molecule has 20 heavy (non-hydrogen) atoms. The van der Waals surface area contributed by atoms with Crippen molar-refractivity contribution in [2.75, 3.05) is 7.11 Å². The minimum absolute atomic E-state index is 0.161. The molecule has 1 aromatic carbocycles. The maximum Gasteiger partial charge on any atom is 0.416 e. The molecule has 0 fully saturated rings. The Balaban J connectivity index is 2.36. The topological polar surface area (TPSA) is 22.1 Å². The van der Waals surface area contributed by atoms with E-state index in [-0.39, 0.29) is 10.2 Å². The number of rotatable bonds is 3. The summed E-state index contributed by atoms with van der Waals surface area (Å²) in [6, 6.07) is 8.75. The molecule has 1 heterocycles. The molecule has 106 valence electrons. The number of hydrogen-bond acceptors (Lipinski definition) is 3. The molecule has 2 nitrogen and oxygen atoms in total. The number of aromatic nitrogens is 1. The molecular weight excluding hydrogens is 311 g/mol. The number of halogens is 4. The van der Waals surface area contributed by atoms with Crippen molar-refractivity contribution in [3.8, 4) is 5.75 Å². The van der Waals surface area contributed by atoms with Crippen LogP contribution in [0.2, 0.25) is 5.15 Å². The van der Waals surface area contributed by atoms with Gasteiger partial charge in [0.05, 0.1) is 17.6 Å². The monoisotopic (exact) mass is 319 g/mol. The van der Waals surface area contributed by atoms with Crippen molar-refractivity contribution in [2.24, 2.45) is 0 Å². The second-order valence-corrected chi connectivity index (χ2v) is 5.22. The van der Waals surface area contributed by atoms with Crippen LogP contribution in [0.5, 0.6) is 5.75 Å². The molecule has 7 heteroatoms. The highest BCUT2D eigenvalue weighted by Crippen LogP contribution is 2.37. The van der Waals surface area contributed by atoms with E-state index in [0.29, 0.717) is 10.6 Å². The molecule has 0 aliphatic rings. The van der Waals surface area contributed by atoms with E-state index in [4.69, 9.17) is 16.3 Å². The lowest BCUT2D eigenvalue weighted by Gasteiger charge is -2.10. The van der Waals surface area contributed by atoms with Crippen LogP contribution in [-0.4, -0.2) is 12.1 Å². The number of benzene rings is 1. The molecule has 0 unspecified atom stereocenters. The molecule has 0 saturated carbocycles. The first kappa shape index (κ1) is 15.0. The molecular formula is C13H9ClF3NOS. The van der Waals surface area contributed by atoms with Gasteiger partial charge in [0, 0.05) is 0 Å². The van der Waals surface area contributed by atoms with Crippen LogP contribution in [0.4, 0.5) is 13.2 Å². The zero-order chi connectivity index (χ0) is 14.8. The lowest BCUT2D eigenvalue weighted by molar-refractivity contribution is -0.137. The summed E-state index contributed by atoms with van der Waals surface area (Å²) in [4.78, 5) is 4.56. The molecule has 0 saturated heterocycles. The highest BCUT2D eigenvalue weighted by Gasteiger charge is 2.31. The fourth-order valence-corrected chi connectivity index (χ4v) is 2.72. The summed E-state index contributed by atoms with van der Waals surface area (Å²) in [5, 5.41) is -0.0356. The van der Waals surface area contributed by atoms with Crippen molar-refractivity contribution in [1.29, 1.82) is 0 Å². The van der Waals surface area contributed by atoms with Gasteiger partial charge in [-0.25, -0.2) is 4.98 Å². The minimum atomic E-state index is -4.46. The minimum Gasteiger partial charge on any atom is -0.496 e. The zero-order valence-corrected chi connectivity index (χ0v) is 11.8. The Morgan fingerprint density at radius 1 is 1.20 bits per heavy atom. The van der Waals surface area contributed by atoms with Crippen LogP contribution in [0.3, 0.4) is 0 Å². The van der Waals surface area contributed by atoms with Crippen LogP contribution in [-0.2, 0) is 6.18 Å². The Hall–Kier alpha value is -1.40. The number of methoxy groups -OCH3 is 1. The van der Waals surface area contributed by atoms with Gasteiger partial charge in [-0.3, -0.25) is 0 Å². The fourth-order valence-electron chi connectivity index (χ4n) is 1.50. The number of pyridine rings is 1. The van der Waals surface area contributed by atoms with E-state index in [1.807, 2.05) is 0 Å². The van der Waals surface area contributed by atoms with Crippen molar-refractivity contribution < 1.29 is 17.9 Å². The van der Waals surface area contributed by atoms with Crippen LogP contribution in [0.1, 0.15) is 5.56 Å². The van der Waals surface area contributed by atoms with E-state index in [1.54, 1.807) is 24.3 Å². The molecule has 0 bridgehead atoms. The number of nitrogens with zero attached hydrogens (tertiary/aromatic N) is 1. The quantitative estimate of drug-likeness (QED) is 0.750. The summed E-state index contributed by atoms with van der Waals surface area (Å²) < 4.78 is 43.3. The van der Waals surface area contributed by atoms with Crippen LogP contribution >= 0.6 is 23.4 Å². The fraction of sp³-hybridized carbons (Fsp3) is 0.154.